The molecule has 0 heterocycles. The van der Waals surface area contributed by atoms with E-state index in [2.05, 4.69) is 22.3 Å². The minimum Gasteiger partial charge on any atom is -0.508 e. The van der Waals surface area contributed by atoms with Gasteiger partial charge < -0.3 is 30.1 Å². The van der Waals surface area contributed by atoms with Gasteiger partial charge in [0.15, 0.2) is 0 Å². The highest BCUT2D eigenvalue weighted by molar-refractivity contribution is 5.93. The lowest BCUT2D eigenvalue weighted by atomic mass is 9.97. The van der Waals surface area contributed by atoms with Gasteiger partial charge in [-0.15, -0.1) is 0 Å². The fraction of sp³-hybridized carbons (Fsp3) is 0.667. The van der Waals surface area contributed by atoms with Gasteiger partial charge in [-0.3, -0.25) is 14.4 Å². The minimum absolute atomic E-state index is 0.0536. The largest absolute Gasteiger partial charge is 0.508 e. The summed E-state index contributed by atoms with van der Waals surface area (Å²) in [5.74, 6) is -1.91. The molecule has 1 aromatic carbocycles. The summed E-state index contributed by atoms with van der Waals surface area (Å²) in [6.07, 6.45) is 5.09. The van der Waals surface area contributed by atoms with E-state index in [1.807, 2.05) is 0 Å². The maximum atomic E-state index is 14.2. The molecule has 10 heteroatoms. The number of ether oxygens (including phenoxy) is 2. The van der Waals surface area contributed by atoms with Gasteiger partial charge in [0.25, 0.3) is 0 Å². The zero-order valence-electron chi connectivity index (χ0n) is 25.5. The topological polar surface area (TPSA) is 134 Å². The molecule has 1 rings (SSSR count). The molecule has 3 N–H and O–H groups in total. The maximum Gasteiger partial charge on any atom is 0.408 e. The predicted molar refractivity (Wildman–Crippen MR) is 154 cm³/mol. The molecule has 0 aromatic heterocycles. The van der Waals surface area contributed by atoms with Crippen molar-refractivity contribution >= 4 is 23.9 Å². The molecule has 226 valence electrons. The number of nitrogens with zero attached hydrogens (tertiary/aromatic N) is 1. The molecule has 0 aliphatic carbocycles. The number of benzene rings is 1. The standard InChI is InChI=1S/C30H49N3O7/c1-9-10-11-12-13-14-17-33(28(37)25(20(2)3)32-29(38)40-30(5,6)7)26(27(36)31-19-24(35)39-8)22-15-16-23(34)21(4)18-22/h15-16,18,20,25-26,34H,9-14,17,19H2,1-8H3,(H,31,36)(H,32,38). The van der Waals surface area contributed by atoms with Crippen LogP contribution in [-0.2, 0) is 23.9 Å². The zero-order valence-corrected chi connectivity index (χ0v) is 25.5. The number of nitrogens with one attached hydrogen (secondary N) is 2. The quantitative estimate of drug-likeness (QED) is 0.207. The van der Waals surface area contributed by atoms with Crippen molar-refractivity contribution in [2.24, 2.45) is 5.92 Å². The summed E-state index contributed by atoms with van der Waals surface area (Å²) in [6.45, 7) is 12.5. The van der Waals surface area contributed by atoms with Crippen LogP contribution in [0.15, 0.2) is 18.2 Å². The molecule has 10 nitrogen and oxygen atoms in total. The van der Waals surface area contributed by atoms with Gasteiger partial charge in [-0.1, -0.05) is 58.9 Å². The SMILES string of the molecule is CCCCCCCCN(C(=O)C(NC(=O)OC(C)(C)C)C(C)C)C(C(=O)NCC(=O)OC)c1ccc(O)c(C)c1. The highest BCUT2D eigenvalue weighted by Gasteiger charge is 2.37. The van der Waals surface area contributed by atoms with E-state index in [4.69, 9.17) is 4.74 Å². The molecule has 0 fully saturated rings. The zero-order chi connectivity index (χ0) is 30.5. The van der Waals surface area contributed by atoms with Crippen LogP contribution in [0.2, 0.25) is 0 Å². The predicted octanol–water partition coefficient (Wildman–Crippen LogP) is 4.77. The number of aryl methyl sites for hydroxylation is 1. The number of amides is 3. The number of hydrogen-bond acceptors (Lipinski definition) is 7. The normalized spacial score (nSPS) is 12.8. The first-order valence-corrected chi connectivity index (χ1v) is 14.2. The van der Waals surface area contributed by atoms with Crippen molar-refractivity contribution in [3.05, 3.63) is 29.3 Å². The van der Waals surface area contributed by atoms with E-state index in [9.17, 15) is 24.3 Å². The molecule has 2 atom stereocenters. The first-order chi connectivity index (χ1) is 18.7. The summed E-state index contributed by atoms with van der Waals surface area (Å²) in [4.78, 5) is 53.7. The number of phenolic OH excluding ortho intramolecular Hbond substituents is 1. The lowest BCUT2D eigenvalue weighted by Crippen LogP contribution is -2.55. The molecule has 0 spiro atoms. The Labute approximate surface area is 239 Å². The Bertz CT molecular complexity index is 988. The summed E-state index contributed by atoms with van der Waals surface area (Å²) >= 11 is 0. The number of esters is 1. The Morgan fingerprint density at radius 2 is 1.65 bits per heavy atom. The lowest BCUT2D eigenvalue weighted by molar-refractivity contribution is -0.145. The summed E-state index contributed by atoms with van der Waals surface area (Å²) in [5, 5.41) is 15.4. The number of carbonyl (C=O) groups is 4. The minimum atomic E-state index is -1.12. The van der Waals surface area contributed by atoms with E-state index in [0.717, 1.165) is 32.1 Å². The molecular weight excluding hydrogens is 514 g/mol. The van der Waals surface area contributed by atoms with Gasteiger partial charge in [-0.25, -0.2) is 4.79 Å². The Morgan fingerprint density at radius 1 is 1.02 bits per heavy atom. The van der Waals surface area contributed by atoms with E-state index in [-0.39, 0.29) is 24.8 Å². The molecular formula is C30H49N3O7. The van der Waals surface area contributed by atoms with E-state index in [0.29, 0.717) is 17.5 Å². The van der Waals surface area contributed by atoms with Gasteiger partial charge in [0, 0.05) is 6.54 Å². The van der Waals surface area contributed by atoms with Gasteiger partial charge in [-0.05, 0) is 63.3 Å². The van der Waals surface area contributed by atoms with Crippen molar-refractivity contribution < 1.29 is 33.8 Å². The number of phenols is 1. The van der Waals surface area contributed by atoms with Gasteiger partial charge in [0.2, 0.25) is 11.8 Å². The van der Waals surface area contributed by atoms with E-state index in [1.165, 1.54) is 18.1 Å². The molecule has 40 heavy (non-hydrogen) atoms. The van der Waals surface area contributed by atoms with Crippen LogP contribution in [0.1, 0.15) is 97.2 Å². The highest BCUT2D eigenvalue weighted by atomic mass is 16.6. The van der Waals surface area contributed by atoms with Gasteiger partial charge in [0.1, 0.15) is 30.0 Å². The van der Waals surface area contributed by atoms with Crippen molar-refractivity contribution in [3.63, 3.8) is 0 Å². The third-order valence-electron chi connectivity index (χ3n) is 6.37. The second-order valence-electron chi connectivity index (χ2n) is 11.4. The van der Waals surface area contributed by atoms with Crippen molar-refractivity contribution in [2.45, 2.75) is 105 Å². The van der Waals surface area contributed by atoms with Crippen LogP contribution in [-0.4, -0.2) is 65.7 Å². The second kappa shape index (κ2) is 16.7. The Kier molecular flexibility index (Phi) is 14.5. The van der Waals surface area contributed by atoms with E-state index in [1.54, 1.807) is 53.7 Å². The molecule has 0 saturated heterocycles. The number of rotatable bonds is 15. The van der Waals surface area contributed by atoms with Crippen LogP contribution in [0.5, 0.6) is 5.75 Å². The first kappa shape index (κ1) is 34.7. The molecule has 0 radical (unpaired) electrons. The summed E-state index contributed by atoms with van der Waals surface area (Å²) < 4.78 is 10.1. The van der Waals surface area contributed by atoms with Crippen molar-refractivity contribution in [1.82, 2.24) is 15.5 Å². The fourth-order valence-electron chi connectivity index (χ4n) is 4.21. The number of aromatic hydroxyl groups is 1. The Morgan fingerprint density at radius 3 is 2.20 bits per heavy atom. The number of unbranched alkanes of at least 4 members (excludes halogenated alkanes) is 5. The summed E-state index contributed by atoms with van der Waals surface area (Å²) in [5.41, 5.74) is 0.242. The Hall–Kier alpha value is -3.30. The fourth-order valence-corrected chi connectivity index (χ4v) is 4.21. The first-order valence-electron chi connectivity index (χ1n) is 14.2. The Balaban J connectivity index is 3.48. The number of hydrogen-bond donors (Lipinski definition) is 3. The molecule has 3 amide bonds. The van der Waals surface area contributed by atoms with Crippen molar-refractivity contribution in [1.29, 1.82) is 0 Å². The number of carbonyl (C=O) groups excluding carboxylic acids is 4. The molecule has 0 aliphatic heterocycles. The smallest absolute Gasteiger partial charge is 0.408 e. The second-order valence-corrected chi connectivity index (χ2v) is 11.4. The van der Waals surface area contributed by atoms with Gasteiger partial charge in [0.05, 0.1) is 7.11 Å². The molecule has 2 unspecified atom stereocenters. The number of alkyl carbamates (subject to hydrolysis) is 1. The van der Waals surface area contributed by atoms with Crippen LogP contribution in [0.4, 0.5) is 4.79 Å². The van der Waals surface area contributed by atoms with Crippen molar-refractivity contribution in [3.8, 4) is 5.75 Å². The van der Waals surface area contributed by atoms with Crippen LogP contribution in [0.25, 0.3) is 0 Å². The van der Waals surface area contributed by atoms with E-state index >= 15 is 0 Å². The number of methoxy groups -OCH3 is 1. The average molecular weight is 564 g/mol. The third kappa shape index (κ3) is 11.8. The molecule has 0 saturated carbocycles. The van der Waals surface area contributed by atoms with Crippen LogP contribution in [0, 0.1) is 12.8 Å². The lowest BCUT2D eigenvalue weighted by Gasteiger charge is -2.35. The van der Waals surface area contributed by atoms with Crippen LogP contribution in [0.3, 0.4) is 0 Å². The average Bonchev–Trinajstić information content (AvgIpc) is 2.87. The van der Waals surface area contributed by atoms with Gasteiger partial charge in [-0.2, -0.15) is 0 Å². The third-order valence-corrected chi connectivity index (χ3v) is 6.37. The molecule has 0 aliphatic rings. The van der Waals surface area contributed by atoms with Crippen LogP contribution < -0.4 is 10.6 Å². The highest BCUT2D eigenvalue weighted by Crippen LogP contribution is 2.28. The summed E-state index contributed by atoms with van der Waals surface area (Å²) in [6, 6.07) is 2.61. The molecule has 0 bridgehead atoms. The van der Waals surface area contributed by atoms with E-state index < -0.39 is 41.6 Å². The van der Waals surface area contributed by atoms with Gasteiger partial charge >= 0.3 is 12.1 Å². The molecule has 1 aromatic rings. The van der Waals surface area contributed by atoms with Crippen LogP contribution >= 0.6 is 0 Å². The maximum absolute atomic E-state index is 14.2. The summed E-state index contributed by atoms with van der Waals surface area (Å²) in [7, 11) is 1.22. The monoisotopic (exact) mass is 563 g/mol. The van der Waals surface area contributed by atoms with Crippen molar-refractivity contribution in [2.75, 3.05) is 20.2 Å².